The molecule has 0 aliphatic carbocycles. The van der Waals surface area contributed by atoms with E-state index in [-0.39, 0.29) is 33.6 Å². The Morgan fingerprint density at radius 2 is 1.03 bits per heavy atom. The van der Waals surface area contributed by atoms with Gasteiger partial charge in [0.2, 0.25) is 0 Å². The zero-order valence-corrected chi connectivity index (χ0v) is 18.8. The van der Waals surface area contributed by atoms with Crippen LogP contribution >= 0.6 is 0 Å². The lowest BCUT2D eigenvalue weighted by atomic mass is 10.1. The normalized spacial score (nSPS) is 9.66. The highest BCUT2D eigenvalue weighted by molar-refractivity contribution is 7.91. The maximum Gasteiger partial charge on any atom is 0.270 e. The van der Waals surface area contributed by atoms with Crippen molar-refractivity contribution < 1.29 is 28.5 Å². The Morgan fingerprint density at radius 1 is 0.657 bits per heavy atom. The first-order chi connectivity index (χ1) is 16.7. The van der Waals surface area contributed by atoms with Crippen LogP contribution in [0.3, 0.4) is 0 Å². The van der Waals surface area contributed by atoms with Crippen molar-refractivity contribution in [1.82, 2.24) is 0 Å². The number of hydrogen-bond acceptors (Lipinski definition) is 8. The fraction of sp³-hybridized carbons (Fsp3) is 0.167. The first kappa shape index (κ1) is 26.6. The topological polar surface area (TPSA) is 161 Å². The van der Waals surface area contributed by atoms with Crippen molar-refractivity contribution in [2.75, 3.05) is 24.7 Å². The van der Waals surface area contributed by atoms with Crippen LogP contribution in [0.25, 0.3) is 0 Å². The zero-order chi connectivity index (χ0) is 25.8. The SMILES string of the molecule is O=[N+]([O-])c1ccc(C#CCO)c(C#CCS(=O)(=O)CC#Cc2cc([N+](=O)[O-])ccc2C#CCO)c1. The Morgan fingerprint density at radius 3 is 1.37 bits per heavy atom. The summed E-state index contributed by atoms with van der Waals surface area (Å²) in [4.78, 5) is 20.7. The van der Waals surface area contributed by atoms with Crippen LogP contribution in [0.1, 0.15) is 22.3 Å². The molecule has 0 aromatic heterocycles. The van der Waals surface area contributed by atoms with Gasteiger partial charge in [-0.15, -0.1) is 0 Å². The molecule has 0 saturated heterocycles. The van der Waals surface area contributed by atoms with Crippen molar-refractivity contribution in [2.24, 2.45) is 0 Å². The highest BCUT2D eigenvalue weighted by atomic mass is 32.2. The Kier molecular flexibility index (Phi) is 9.54. The number of nitro benzene ring substituents is 2. The average molecular weight is 492 g/mol. The molecule has 2 N–H and O–H groups in total. The zero-order valence-electron chi connectivity index (χ0n) is 17.9. The largest absolute Gasteiger partial charge is 0.384 e. The summed E-state index contributed by atoms with van der Waals surface area (Å²) < 4.78 is 24.7. The van der Waals surface area contributed by atoms with Crippen molar-refractivity contribution in [3.8, 4) is 47.4 Å². The lowest BCUT2D eigenvalue weighted by Crippen LogP contribution is -2.08. The second-order valence-corrected chi connectivity index (χ2v) is 8.59. The summed E-state index contributed by atoms with van der Waals surface area (Å²) in [5.74, 6) is 18.7. The van der Waals surface area contributed by atoms with Crippen LogP contribution in [-0.2, 0) is 9.84 Å². The number of aliphatic hydroxyl groups is 2. The van der Waals surface area contributed by atoms with Crippen molar-refractivity contribution in [1.29, 1.82) is 0 Å². The smallest absolute Gasteiger partial charge is 0.270 e. The standard InChI is InChI=1S/C24H16N2O8S/c27-13-1-5-19-9-11-23(25(29)30)17-21(19)7-3-15-35(33,34)16-4-8-22-18-24(26(31)32)12-10-20(22)6-2-14-28/h9-12,17-18,27-28H,13-16H2. The molecule has 2 rings (SSSR count). The molecule has 0 spiro atoms. The van der Waals surface area contributed by atoms with Crippen LogP contribution in [0.4, 0.5) is 11.4 Å². The average Bonchev–Trinajstić information content (AvgIpc) is 2.81. The van der Waals surface area contributed by atoms with Gasteiger partial charge in [-0.05, 0) is 12.1 Å². The van der Waals surface area contributed by atoms with E-state index in [9.17, 15) is 28.6 Å². The first-order valence-corrected chi connectivity index (χ1v) is 11.4. The van der Waals surface area contributed by atoms with Gasteiger partial charge >= 0.3 is 0 Å². The summed E-state index contributed by atoms with van der Waals surface area (Å²) >= 11 is 0. The van der Waals surface area contributed by atoms with Crippen LogP contribution in [0.2, 0.25) is 0 Å². The van der Waals surface area contributed by atoms with E-state index in [0.29, 0.717) is 0 Å². The Hall–Kier alpha value is -4.65. The van der Waals surface area contributed by atoms with Crippen molar-refractivity contribution >= 4 is 21.2 Å². The van der Waals surface area contributed by atoms with Gasteiger partial charge in [0.05, 0.1) is 9.85 Å². The van der Waals surface area contributed by atoms with Gasteiger partial charge in [0, 0.05) is 46.5 Å². The van der Waals surface area contributed by atoms with E-state index in [0.717, 1.165) is 12.1 Å². The van der Waals surface area contributed by atoms with E-state index in [1.54, 1.807) is 0 Å². The third-order valence-electron chi connectivity index (χ3n) is 4.06. The summed E-state index contributed by atoms with van der Waals surface area (Å²) in [6.07, 6.45) is 0. The summed E-state index contributed by atoms with van der Waals surface area (Å²) in [5.41, 5.74) is 0.326. The summed E-state index contributed by atoms with van der Waals surface area (Å²) in [6, 6.07) is 7.43. The van der Waals surface area contributed by atoms with E-state index in [1.807, 2.05) is 0 Å². The van der Waals surface area contributed by atoms with E-state index in [2.05, 4.69) is 47.4 Å². The molecule has 0 heterocycles. The number of benzene rings is 2. The van der Waals surface area contributed by atoms with Crippen molar-refractivity contribution in [3.63, 3.8) is 0 Å². The van der Waals surface area contributed by atoms with Gasteiger partial charge in [-0.1, -0.05) is 47.4 Å². The molecule has 0 aliphatic heterocycles. The molecule has 0 unspecified atom stereocenters. The first-order valence-electron chi connectivity index (χ1n) is 9.61. The molecule has 0 saturated carbocycles. The van der Waals surface area contributed by atoms with Crippen LogP contribution in [-0.4, -0.2) is 53.2 Å². The summed E-state index contributed by atoms with van der Waals surface area (Å²) in [5, 5.41) is 39.7. The highest BCUT2D eigenvalue weighted by Gasteiger charge is 2.11. The molecule has 0 bridgehead atoms. The number of sulfone groups is 1. The van der Waals surface area contributed by atoms with Gasteiger partial charge in [0.15, 0.2) is 9.84 Å². The van der Waals surface area contributed by atoms with Crippen molar-refractivity contribution in [3.05, 3.63) is 78.9 Å². The Labute approximate surface area is 200 Å². The Balaban J connectivity index is 2.27. The quantitative estimate of drug-likeness (QED) is 0.363. The molecule has 2 aromatic rings. The molecule has 35 heavy (non-hydrogen) atoms. The summed E-state index contributed by atoms with van der Waals surface area (Å²) in [6.45, 7) is -0.871. The maximum atomic E-state index is 12.3. The molecule has 10 nitrogen and oxygen atoms in total. The number of rotatable bonds is 4. The van der Waals surface area contributed by atoms with Gasteiger partial charge < -0.3 is 10.2 Å². The molecular weight excluding hydrogens is 476 g/mol. The minimum atomic E-state index is -3.80. The number of nitrogens with zero attached hydrogens (tertiary/aromatic N) is 2. The van der Waals surface area contributed by atoms with Crippen LogP contribution in [0, 0.1) is 67.6 Å². The minimum absolute atomic E-state index is 0.130. The second kappa shape index (κ2) is 12.6. The summed E-state index contributed by atoms with van der Waals surface area (Å²) in [7, 11) is -3.80. The molecule has 0 radical (unpaired) electrons. The lowest BCUT2D eigenvalue weighted by Gasteiger charge is -1.98. The number of nitro groups is 2. The molecular formula is C24H16N2O8S. The van der Waals surface area contributed by atoms with Gasteiger partial charge in [0.25, 0.3) is 11.4 Å². The van der Waals surface area contributed by atoms with Crippen LogP contribution < -0.4 is 0 Å². The third-order valence-corrected chi connectivity index (χ3v) is 5.23. The van der Waals surface area contributed by atoms with Gasteiger partial charge in [-0.2, -0.15) is 0 Å². The molecule has 0 atom stereocenters. The lowest BCUT2D eigenvalue weighted by molar-refractivity contribution is -0.385. The predicted octanol–water partition coefficient (Wildman–Crippen LogP) is 1.01. The third kappa shape index (κ3) is 8.33. The van der Waals surface area contributed by atoms with Crippen LogP contribution in [0.15, 0.2) is 36.4 Å². The van der Waals surface area contributed by atoms with E-state index >= 15 is 0 Å². The molecule has 0 fully saturated rings. The maximum absolute atomic E-state index is 12.3. The van der Waals surface area contributed by atoms with Gasteiger partial charge in [0.1, 0.15) is 24.7 Å². The Bertz CT molecular complexity index is 1410. The molecule has 2 aromatic carbocycles. The minimum Gasteiger partial charge on any atom is -0.384 e. The fourth-order valence-corrected chi connectivity index (χ4v) is 3.21. The molecule has 0 aliphatic rings. The number of non-ortho nitro benzene ring substituents is 2. The molecule has 0 amide bonds. The second-order valence-electron chi connectivity index (χ2n) is 6.53. The number of hydrogen-bond donors (Lipinski definition) is 2. The van der Waals surface area contributed by atoms with Crippen molar-refractivity contribution in [2.45, 2.75) is 0 Å². The van der Waals surface area contributed by atoms with Crippen LogP contribution in [0.5, 0.6) is 0 Å². The molecule has 176 valence electrons. The van der Waals surface area contributed by atoms with E-state index in [1.165, 1.54) is 24.3 Å². The highest BCUT2D eigenvalue weighted by Crippen LogP contribution is 2.17. The van der Waals surface area contributed by atoms with Gasteiger partial charge in [-0.25, -0.2) is 8.42 Å². The van der Waals surface area contributed by atoms with Gasteiger partial charge in [-0.3, -0.25) is 20.2 Å². The fourth-order valence-electron chi connectivity index (χ4n) is 2.52. The number of aliphatic hydroxyl groups excluding tert-OH is 2. The molecule has 11 heteroatoms. The van der Waals surface area contributed by atoms with E-state index < -0.39 is 44.4 Å². The predicted molar refractivity (Wildman–Crippen MR) is 127 cm³/mol. The van der Waals surface area contributed by atoms with E-state index in [4.69, 9.17) is 10.2 Å². The monoisotopic (exact) mass is 492 g/mol.